The molecule has 8 N–H and O–H groups in total. The summed E-state index contributed by atoms with van der Waals surface area (Å²) in [5, 5.41) is 82.9. The average molecular weight is 677 g/mol. The van der Waals surface area contributed by atoms with E-state index in [-0.39, 0.29) is 34.5 Å². The van der Waals surface area contributed by atoms with Crippen LogP contribution in [0.1, 0.15) is 26.3 Å². The van der Waals surface area contributed by atoms with Gasteiger partial charge in [-0.15, -0.1) is 0 Å². The van der Waals surface area contributed by atoms with Crippen LogP contribution >= 0.6 is 0 Å². The molecule has 2 fully saturated rings. The standard InChI is InChI=1S/C33H40O15/c1-13(2)5-10-17-19(45-33-28(42)26(40)23(37)20(12-34)46-33)11-18(35)21-24(38)31(48-32-27(41)25(39)22(36)14(3)44-32)29(47-30(17)21)15-6-8-16(43-4)9-7-15/h5-9,11,14,20,22-23,25-28,32-37,39-42H,10,12H2,1-4H3/t14-,20+,22+,23+,25+,26-,27+,28+,32-,33+/m0/s1. The number of methoxy groups -OCH3 is 1. The lowest BCUT2D eigenvalue weighted by molar-refractivity contribution is -0.277. The Bertz CT molecular complexity index is 1680. The van der Waals surface area contributed by atoms with E-state index < -0.39 is 84.9 Å². The van der Waals surface area contributed by atoms with E-state index in [9.17, 15) is 45.6 Å². The van der Waals surface area contributed by atoms with Crippen molar-refractivity contribution >= 4 is 11.0 Å². The summed E-state index contributed by atoms with van der Waals surface area (Å²) in [6, 6.07) is 7.41. The molecule has 3 heterocycles. The number of rotatable bonds is 9. The van der Waals surface area contributed by atoms with Gasteiger partial charge in [0.2, 0.25) is 23.8 Å². The fraction of sp³-hybridized carbons (Fsp3) is 0.485. The minimum Gasteiger partial charge on any atom is -0.507 e. The number of aliphatic hydroxyl groups excluding tert-OH is 7. The maximum absolute atomic E-state index is 14.3. The van der Waals surface area contributed by atoms with Crippen molar-refractivity contribution in [1.82, 2.24) is 0 Å². The summed E-state index contributed by atoms with van der Waals surface area (Å²) < 4.78 is 34.5. The largest absolute Gasteiger partial charge is 0.507 e. The number of aromatic hydroxyl groups is 1. The highest BCUT2D eigenvalue weighted by Gasteiger charge is 2.46. The molecule has 0 bridgehead atoms. The smallest absolute Gasteiger partial charge is 0.239 e. The fourth-order valence-electron chi connectivity index (χ4n) is 5.52. The normalized spacial score (nSPS) is 30.6. The van der Waals surface area contributed by atoms with Crippen LogP contribution in [0.3, 0.4) is 0 Å². The van der Waals surface area contributed by atoms with Crippen molar-refractivity contribution in [2.45, 2.75) is 88.6 Å². The van der Waals surface area contributed by atoms with Crippen molar-refractivity contribution in [3.05, 3.63) is 57.8 Å². The van der Waals surface area contributed by atoms with Crippen molar-refractivity contribution in [3.8, 4) is 34.3 Å². The van der Waals surface area contributed by atoms with Gasteiger partial charge < -0.3 is 69.0 Å². The molecule has 2 aromatic carbocycles. The average Bonchev–Trinajstić information content (AvgIpc) is 3.06. The maximum atomic E-state index is 14.3. The van der Waals surface area contributed by atoms with E-state index in [4.69, 9.17) is 28.1 Å². The SMILES string of the molecule is COc1ccc(-c2oc3c(CC=C(C)C)c(O[C@@H]4O[C@H](CO)[C@@H](O)[C@H](O)[C@H]4O)cc(O)c3c(=O)c2O[C@@H]2O[C@@H](C)[C@@H](O)[C@@H](O)[C@H]2O)cc1. The summed E-state index contributed by atoms with van der Waals surface area (Å²) in [4.78, 5) is 14.3. The molecular formula is C33H40O15. The highest BCUT2D eigenvalue weighted by molar-refractivity contribution is 5.91. The van der Waals surface area contributed by atoms with Crippen molar-refractivity contribution in [3.63, 3.8) is 0 Å². The molecular weight excluding hydrogens is 636 g/mol. The van der Waals surface area contributed by atoms with E-state index in [2.05, 4.69) is 0 Å². The number of hydrogen-bond acceptors (Lipinski definition) is 15. The zero-order valence-electron chi connectivity index (χ0n) is 26.6. The molecule has 2 saturated heterocycles. The van der Waals surface area contributed by atoms with Crippen LogP contribution < -0.4 is 19.6 Å². The predicted molar refractivity (Wildman–Crippen MR) is 167 cm³/mol. The minimum atomic E-state index is -1.77. The molecule has 0 radical (unpaired) electrons. The molecule has 1 aromatic heterocycles. The molecule has 15 heteroatoms. The lowest BCUT2D eigenvalue weighted by Crippen LogP contribution is -2.60. The fourth-order valence-corrected chi connectivity index (χ4v) is 5.52. The van der Waals surface area contributed by atoms with E-state index in [1.807, 2.05) is 13.8 Å². The molecule has 48 heavy (non-hydrogen) atoms. The first-order chi connectivity index (χ1) is 22.8. The molecule has 3 aromatic rings. The lowest BCUT2D eigenvalue weighted by Gasteiger charge is -2.39. The van der Waals surface area contributed by atoms with Crippen molar-refractivity contribution < 1.29 is 69.0 Å². The Hall–Kier alpha value is -3.77. The number of benzene rings is 2. The van der Waals surface area contributed by atoms with Gasteiger partial charge in [-0.25, -0.2) is 0 Å². The number of fused-ring (bicyclic) bond motifs is 1. The van der Waals surface area contributed by atoms with Crippen LogP contribution in [0, 0.1) is 0 Å². The molecule has 2 aliphatic heterocycles. The molecule has 0 aliphatic carbocycles. The van der Waals surface area contributed by atoms with Crippen LogP contribution in [0.2, 0.25) is 0 Å². The van der Waals surface area contributed by atoms with Gasteiger partial charge in [0.1, 0.15) is 70.9 Å². The molecule has 10 atom stereocenters. The van der Waals surface area contributed by atoms with Gasteiger partial charge in [-0.1, -0.05) is 11.6 Å². The molecule has 2 aliphatic rings. The first-order valence-corrected chi connectivity index (χ1v) is 15.2. The van der Waals surface area contributed by atoms with Gasteiger partial charge in [-0.05, 0) is 51.5 Å². The summed E-state index contributed by atoms with van der Waals surface area (Å²) in [6.45, 7) is 4.40. The molecule has 0 amide bonds. The molecule has 262 valence electrons. The van der Waals surface area contributed by atoms with Crippen molar-refractivity contribution in [1.29, 1.82) is 0 Å². The molecule has 0 unspecified atom stereocenters. The van der Waals surface area contributed by atoms with Crippen LogP contribution in [0.15, 0.2) is 51.2 Å². The summed E-state index contributed by atoms with van der Waals surface area (Å²) in [5.41, 5.74) is 0.341. The van der Waals surface area contributed by atoms with Crippen LogP contribution in [0.5, 0.6) is 23.0 Å². The molecule has 5 rings (SSSR count). The third-order valence-corrected chi connectivity index (χ3v) is 8.37. The first kappa shape index (κ1) is 35.5. The summed E-state index contributed by atoms with van der Waals surface area (Å²) in [6.07, 6.45) is -13.7. The number of phenols is 1. The van der Waals surface area contributed by atoms with Crippen molar-refractivity contribution in [2.24, 2.45) is 0 Å². The second-order valence-electron chi connectivity index (χ2n) is 12.0. The number of ether oxygens (including phenoxy) is 5. The van der Waals surface area contributed by atoms with Gasteiger partial charge >= 0.3 is 0 Å². The Kier molecular flexibility index (Phi) is 10.6. The van der Waals surface area contributed by atoms with Gasteiger partial charge in [-0.2, -0.15) is 0 Å². The Morgan fingerprint density at radius 2 is 1.50 bits per heavy atom. The molecule has 0 saturated carbocycles. The third-order valence-electron chi connectivity index (χ3n) is 8.37. The van der Waals surface area contributed by atoms with E-state index in [0.29, 0.717) is 11.3 Å². The number of allylic oxidation sites excluding steroid dienone is 2. The second-order valence-corrected chi connectivity index (χ2v) is 12.0. The Labute approximate surface area is 274 Å². The lowest BCUT2D eigenvalue weighted by atomic mass is 9.99. The highest BCUT2D eigenvalue weighted by Crippen LogP contribution is 2.41. The van der Waals surface area contributed by atoms with Gasteiger partial charge in [0, 0.05) is 17.2 Å². The van der Waals surface area contributed by atoms with Crippen LogP contribution in [0.25, 0.3) is 22.3 Å². The molecule has 15 nitrogen and oxygen atoms in total. The predicted octanol–water partition coefficient (Wildman–Crippen LogP) is 0.0679. The second kappa shape index (κ2) is 14.4. The summed E-state index contributed by atoms with van der Waals surface area (Å²) >= 11 is 0. The van der Waals surface area contributed by atoms with Gasteiger partial charge in [0.15, 0.2) is 5.76 Å². The van der Waals surface area contributed by atoms with Crippen LogP contribution in [-0.4, -0.2) is 116 Å². The van der Waals surface area contributed by atoms with E-state index in [1.54, 1.807) is 30.3 Å². The van der Waals surface area contributed by atoms with E-state index in [0.717, 1.165) is 11.6 Å². The van der Waals surface area contributed by atoms with Gasteiger partial charge in [-0.3, -0.25) is 4.79 Å². The van der Waals surface area contributed by atoms with E-state index in [1.165, 1.54) is 14.0 Å². The number of phenolic OH excluding ortho intramolecular Hbond substituents is 1. The maximum Gasteiger partial charge on any atom is 0.239 e. The third kappa shape index (κ3) is 6.74. The van der Waals surface area contributed by atoms with Crippen molar-refractivity contribution in [2.75, 3.05) is 13.7 Å². The zero-order valence-corrected chi connectivity index (χ0v) is 26.6. The highest BCUT2D eigenvalue weighted by atomic mass is 16.7. The topological polar surface area (TPSA) is 238 Å². The monoisotopic (exact) mass is 676 g/mol. The number of aliphatic hydroxyl groups is 7. The number of hydrogen-bond donors (Lipinski definition) is 8. The zero-order chi connectivity index (χ0) is 35.0. The Morgan fingerprint density at radius 1 is 0.875 bits per heavy atom. The van der Waals surface area contributed by atoms with Gasteiger partial charge in [0.05, 0.1) is 19.8 Å². The van der Waals surface area contributed by atoms with Crippen LogP contribution in [-0.2, 0) is 15.9 Å². The molecule has 0 spiro atoms. The summed E-state index contributed by atoms with van der Waals surface area (Å²) in [5.74, 6) is -0.922. The van der Waals surface area contributed by atoms with Gasteiger partial charge in [0.25, 0.3) is 0 Å². The Balaban J connectivity index is 1.71. The summed E-state index contributed by atoms with van der Waals surface area (Å²) in [7, 11) is 1.47. The first-order valence-electron chi connectivity index (χ1n) is 15.2. The Morgan fingerprint density at radius 3 is 2.10 bits per heavy atom. The minimum absolute atomic E-state index is 0.0725. The van der Waals surface area contributed by atoms with E-state index >= 15 is 0 Å². The quantitative estimate of drug-likeness (QED) is 0.140. The van der Waals surface area contributed by atoms with Crippen LogP contribution in [0.4, 0.5) is 0 Å².